The van der Waals surface area contributed by atoms with Crippen molar-refractivity contribution in [3.63, 3.8) is 0 Å². The molecule has 0 saturated heterocycles. The van der Waals surface area contributed by atoms with Gasteiger partial charge in [0.1, 0.15) is 12.1 Å². The summed E-state index contributed by atoms with van der Waals surface area (Å²) in [5.74, 6) is -2.19. The number of carboxylic acids is 2. The minimum absolute atomic E-state index is 0.135. The summed E-state index contributed by atoms with van der Waals surface area (Å²) in [6.45, 7) is 3.73. The van der Waals surface area contributed by atoms with Gasteiger partial charge in [0.2, 0.25) is 0 Å². The standard InChI is InChI=1S/C10H21N3O4/c1-6(4-3-5-11)8(10(16)17)13-12-7(2)9(14)15/h6-8,12-13H,3-5,11H2,1-2H3,(H,14,15)(H,16,17)/t6?,7-,8-/m0/s1. The van der Waals surface area contributed by atoms with E-state index in [2.05, 4.69) is 10.9 Å². The van der Waals surface area contributed by atoms with Gasteiger partial charge < -0.3 is 15.9 Å². The van der Waals surface area contributed by atoms with Crippen LogP contribution in [0.25, 0.3) is 0 Å². The minimum atomic E-state index is -1.05. The molecule has 0 bridgehead atoms. The summed E-state index contributed by atoms with van der Waals surface area (Å²) < 4.78 is 0. The third-order valence-corrected chi connectivity index (χ3v) is 2.52. The van der Waals surface area contributed by atoms with Crippen LogP contribution in [-0.2, 0) is 9.59 Å². The van der Waals surface area contributed by atoms with E-state index in [4.69, 9.17) is 15.9 Å². The Morgan fingerprint density at radius 1 is 1.18 bits per heavy atom. The van der Waals surface area contributed by atoms with Crippen molar-refractivity contribution in [2.24, 2.45) is 11.7 Å². The summed E-state index contributed by atoms with van der Waals surface area (Å²) in [7, 11) is 0. The van der Waals surface area contributed by atoms with E-state index in [0.717, 1.165) is 6.42 Å². The van der Waals surface area contributed by atoms with E-state index < -0.39 is 24.0 Å². The quantitative estimate of drug-likeness (QED) is 0.344. The molecule has 0 aliphatic heterocycles. The molecule has 0 saturated carbocycles. The van der Waals surface area contributed by atoms with Gasteiger partial charge in [0, 0.05) is 0 Å². The van der Waals surface area contributed by atoms with Crippen LogP contribution in [0.3, 0.4) is 0 Å². The van der Waals surface area contributed by atoms with Gasteiger partial charge in [-0.3, -0.25) is 9.59 Å². The maximum atomic E-state index is 11.0. The number of hydrazine groups is 1. The summed E-state index contributed by atoms with van der Waals surface area (Å²) in [4.78, 5) is 21.6. The summed E-state index contributed by atoms with van der Waals surface area (Å²) in [5.41, 5.74) is 10.4. The van der Waals surface area contributed by atoms with E-state index >= 15 is 0 Å². The molecule has 6 N–H and O–H groups in total. The number of carbonyl (C=O) groups is 2. The summed E-state index contributed by atoms with van der Waals surface area (Å²) in [5, 5.41) is 17.7. The fourth-order valence-corrected chi connectivity index (χ4v) is 1.33. The Labute approximate surface area is 100 Å². The van der Waals surface area contributed by atoms with E-state index in [1.54, 1.807) is 6.92 Å². The molecular formula is C10H21N3O4. The number of rotatable bonds is 9. The van der Waals surface area contributed by atoms with Crippen molar-refractivity contribution >= 4 is 11.9 Å². The topological polar surface area (TPSA) is 125 Å². The summed E-state index contributed by atoms with van der Waals surface area (Å²) in [6.07, 6.45) is 1.41. The molecule has 1 unspecified atom stereocenters. The second-order valence-electron chi connectivity index (χ2n) is 4.07. The molecule has 0 aromatic carbocycles. The van der Waals surface area contributed by atoms with Crippen molar-refractivity contribution in [1.82, 2.24) is 10.9 Å². The molecule has 0 fully saturated rings. The Morgan fingerprint density at radius 3 is 2.18 bits per heavy atom. The second-order valence-corrected chi connectivity index (χ2v) is 4.07. The molecule has 0 spiro atoms. The molecule has 0 radical (unpaired) electrons. The van der Waals surface area contributed by atoms with E-state index in [0.29, 0.717) is 13.0 Å². The lowest BCUT2D eigenvalue weighted by Crippen LogP contribution is -2.53. The molecule has 0 aliphatic rings. The van der Waals surface area contributed by atoms with Crippen molar-refractivity contribution in [3.8, 4) is 0 Å². The molecule has 100 valence electrons. The smallest absolute Gasteiger partial charge is 0.322 e. The number of hydrogen-bond acceptors (Lipinski definition) is 5. The highest BCUT2D eigenvalue weighted by Crippen LogP contribution is 2.10. The zero-order valence-electron chi connectivity index (χ0n) is 10.1. The first-order valence-corrected chi connectivity index (χ1v) is 5.56. The molecule has 17 heavy (non-hydrogen) atoms. The predicted octanol–water partition coefficient (Wildman–Crippen LogP) is -0.618. The predicted molar refractivity (Wildman–Crippen MR) is 62.2 cm³/mol. The van der Waals surface area contributed by atoms with E-state index in [-0.39, 0.29) is 5.92 Å². The van der Waals surface area contributed by atoms with Gasteiger partial charge in [-0.1, -0.05) is 6.92 Å². The second kappa shape index (κ2) is 7.99. The fraction of sp³-hybridized carbons (Fsp3) is 0.800. The lowest BCUT2D eigenvalue weighted by molar-refractivity contribution is -0.143. The molecule has 7 nitrogen and oxygen atoms in total. The first-order chi connectivity index (χ1) is 7.90. The van der Waals surface area contributed by atoms with Gasteiger partial charge in [-0.25, -0.2) is 10.9 Å². The average Bonchev–Trinajstić information content (AvgIpc) is 2.25. The first kappa shape index (κ1) is 15.8. The highest BCUT2D eigenvalue weighted by molar-refractivity contribution is 5.74. The van der Waals surface area contributed by atoms with Gasteiger partial charge in [-0.2, -0.15) is 0 Å². The lowest BCUT2D eigenvalue weighted by Gasteiger charge is -2.23. The van der Waals surface area contributed by atoms with Gasteiger partial charge in [-0.15, -0.1) is 0 Å². The van der Waals surface area contributed by atoms with E-state index in [9.17, 15) is 9.59 Å². The molecule has 7 heteroatoms. The Hall–Kier alpha value is -1.18. The van der Waals surface area contributed by atoms with Gasteiger partial charge >= 0.3 is 11.9 Å². The van der Waals surface area contributed by atoms with Crippen LogP contribution < -0.4 is 16.6 Å². The molecule has 3 atom stereocenters. The lowest BCUT2D eigenvalue weighted by atomic mass is 9.97. The van der Waals surface area contributed by atoms with Crippen molar-refractivity contribution < 1.29 is 19.8 Å². The largest absolute Gasteiger partial charge is 0.480 e. The van der Waals surface area contributed by atoms with E-state index in [1.165, 1.54) is 6.92 Å². The molecular weight excluding hydrogens is 226 g/mol. The monoisotopic (exact) mass is 247 g/mol. The molecule has 0 amide bonds. The van der Waals surface area contributed by atoms with Crippen molar-refractivity contribution in [1.29, 1.82) is 0 Å². The van der Waals surface area contributed by atoms with Crippen molar-refractivity contribution in [3.05, 3.63) is 0 Å². The number of aliphatic carboxylic acids is 2. The SMILES string of the molecule is CC(CCCN)[C@H](NN[C@@H](C)C(=O)O)C(=O)O. The highest BCUT2D eigenvalue weighted by Gasteiger charge is 2.25. The maximum absolute atomic E-state index is 11.0. The van der Waals surface area contributed by atoms with Crippen LogP contribution in [0.4, 0.5) is 0 Å². The third kappa shape index (κ3) is 6.20. The number of hydrogen-bond donors (Lipinski definition) is 5. The van der Waals surface area contributed by atoms with Crippen LogP contribution in [0.5, 0.6) is 0 Å². The maximum Gasteiger partial charge on any atom is 0.322 e. The number of carboxylic acid groups (broad SMARTS) is 2. The van der Waals surface area contributed by atoms with Crippen LogP contribution in [0, 0.1) is 5.92 Å². The molecule has 0 rings (SSSR count). The van der Waals surface area contributed by atoms with Crippen LogP contribution in [-0.4, -0.2) is 40.8 Å². The molecule has 0 aromatic heterocycles. The van der Waals surface area contributed by atoms with Crippen LogP contribution in [0.1, 0.15) is 26.7 Å². The average molecular weight is 247 g/mol. The normalized spacial score (nSPS) is 16.2. The third-order valence-electron chi connectivity index (χ3n) is 2.52. The van der Waals surface area contributed by atoms with Gasteiger partial charge in [0.05, 0.1) is 0 Å². The highest BCUT2D eigenvalue weighted by atomic mass is 16.4. The Balaban J connectivity index is 4.24. The van der Waals surface area contributed by atoms with Gasteiger partial charge in [0.15, 0.2) is 0 Å². The summed E-state index contributed by atoms with van der Waals surface area (Å²) in [6, 6.07) is -1.68. The Morgan fingerprint density at radius 2 is 1.76 bits per heavy atom. The molecule has 0 heterocycles. The van der Waals surface area contributed by atoms with Crippen LogP contribution in [0.2, 0.25) is 0 Å². The summed E-state index contributed by atoms with van der Waals surface area (Å²) >= 11 is 0. The first-order valence-electron chi connectivity index (χ1n) is 5.56. The molecule has 0 aromatic rings. The number of nitrogens with one attached hydrogen (secondary N) is 2. The van der Waals surface area contributed by atoms with Crippen molar-refractivity contribution in [2.75, 3.05) is 6.54 Å². The van der Waals surface area contributed by atoms with Crippen molar-refractivity contribution in [2.45, 2.75) is 38.8 Å². The van der Waals surface area contributed by atoms with Gasteiger partial charge in [-0.05, 0) is 32.2 Å². The molecule has 0 aliphatic carbocycles. The zero-order valence-corrected chi connectivity index (χ0v) is 10.1. The van der Waals surface area contributed by atoms with Crippen LogP contribution >= 0.6 is 0 Å². The Kier molecular flexibility index (Phi) is 7.44. The van der Waals surface area contributed by atoms with Crippen LogP contribution in [0.15, 0.2) is 0 Å². The van der Waals surface area contributed by atoms with Gasteiger partial charge in [0.25, 0.3) is 0 Å². The Bertz CT molecular complexity index is 260. The zero-order chi connectivity index (χ0) is 13.4. The fourth-order valence-electron chi connectivity index (χ4n) is 1.33. The number of nitrogens with two attached hydrogens (primary N) is 1. The van der Waals surface area contributed by atoms with E-state index in [1.807, 2.05) is 0 Å². The minimum Gasteiger partial charge on any atom is -0.480 e.